The van der Waals surface area contributed by atoms with E-state index in [4.69, 9.17) is 5.11 Å². The standard InChI is InChI=1S/C13H16F3NO3/c1-17(8-11(18)13(14,15)16)7-9-4-3-5-10(6-9)12(19)20-2/h3-6,11,18H,7-8H2,1-2H3. The molecule has 0 aliphatic carbocycles. The predicted octanol–water partition coefficient (Wildman–Crippen LogP) is 1.83. The van der Waals surface area contributed by atoms with Crippen LogP contribution >= 0.6 is 0 Å². The maximum atomic E-state index is 12.2. The lowest BCUT2D eigenvalue weighted by atomic mass is 10.1. The molecule has 1 aromatic carbocycles. The average molecular weight is 291 g/mol. The van der Waals surface area contributed by atoms with E-state index in [2.05, 4.69) is 4.74 Å². The first-order chi connectivity index (χ1) is 9.24. The minimum absolute atomic E-state index is 0.179. The second kappa shape index (κ2) is 6.71. The molecule has 0 radical (unpaired) electrons. The summed E-state index contributed by atoms with van der Waals surface area (Å²) in [5.41, 5.74) is 0.986. The van der Waals surface area contributed by atoms with E-state index < -0.39 is 24.8 Å². The third-order valence-corrected chi connectivity index (χ3v) is 2.66. The number of nitrogens with zero attached hydrogens (tertiary/aromatic N) is 1. The summed E-state index contributed by atoms with van der Waals surface area (Å²) < 4.78 is 41.2. The summed E-state index contributed by atoms with van der Waals surface area (Å²) in [7, 11) is 2.71. The number of aliphatic hydroxyl groups excluding tert-OH is 1. The SMILES string of the molecule is COC(=O)c1cccc(CN(C)CC(O)C(F)(F)F)c1. The van der Waals surface area contributed by atoms with E-state index in [1.54, 1.807) is 24.3 Å². The molecule has 0 spiro atoms. The highest BCUT2D eigenvalue weighted by Gasteiger charge is 2.38. The minimum Gasteiger partial charge on any atom is -0.465 e. The molecule has 112 valence electrons. The average Bonchev–Trinajstić information content (AvgIpc) is 2.36. The van der Waals surface area contributed by atoms with Crippen LogP contribution in [0.15, 0.2) is 24.3 Å². The first-order valence-corrected chi connectivity index (χ1v) is 5.84. The minimum atomic E-state index is -4.64. The van der Waals surface area contributed by atoms with E-state index in [1.165, 1.54) is 19.1 Å². The number of alkyl halides is 3. The van der Waals surface area contributed by atoms with Gasteiger partial charge in [-0.3, -0.25) is 4.90 Å². The van der Waals surface area contributed by atoms with Crippen LogP contribution in [0.2, 0.25) is 0 Å². The number of hydrogen-bond acceptors (Lipinski definition) is 4. The molecule has 0 saturated carbocycles. The highest BCUT2D eigenvalue weighted by atomic mass is 19.4. The quantitative estimate of drug-likeness (QED) is 0.841. The van der Waals surface area contributed by atoms with Gasteiger partial charge in [-0.2, -0.15) is 13.2 Å². The molecule has 0 fully saturated rings. The van der Waals surface area contributed by atoms with Crippen molar-refractivity contribution in [2.45, 2.75) is 18.8 Å². The van der Waals surface area contributed by atoms with E-state index in [1.807, 2.05) is 0 Å². The Hall–Kier alpha value is -1.60. The second-order valence-corrected chi connectivity index (χ2v) is 4.45. The Kier molecular flexibility index (Phi) is 5.52. The summed E-state index contributed by atoms with van der Waals surface area (Å²) in [5, 5.41) is 8.97. The van der Waals surface area contributed by atoms with Gasteiger partial charge in [-0.05, 0) is 24.7 Å². The van der Waals surface area contributed by atoms with Crippen LogP contribution < -0.4 is 0 Å². The summed E-state index contributed by atoms with van der Waals surface area (Å²) in [5.74, 6) is -0.509. The third kappa shape index (κ3) is 4.82. The van der Waals surface area contributed by atoms with Crippen molar-refractivity contribution < 1.29 is 27.8 Å². The van der Waals surface area contributed by atoms with Gasteiger partial charge < -0.3 is 9.84 Å². The molecule has 7 heteroatoms. The summed E-state index contributed by atoms with van der Waals surface area (Å²) in [6, 6.07) is 6.40. The fraction of sp³-hybridized carbons (Fsp3) is 0.462. The monoisotopic (exact) mass is 291 g/mol. The molecule has 0 aliphatic heterocycles. The molecular weight excluding hydrogens is 275 g/mol. The number of esters is 1. The number of carbonyl (C=O) groups is 1. The highest BCUT2D eigenvalue weighted by molar-refractivity contribution is 5.89. The van der Waals surface area contributed by atoms with Gasteiger partial charge in [0.05, 0.1) is 12.7 Å². The number of benzene rings is 1. The van der Waals surface area contributed by atoms with Gasteiger partial charge in [-0.15, -0.1) is 0 Å². The normalized spacial score (nSPS) is 13.3. The largest absolute Gasteiger partial charge is 0.465 e. The zero-order valence-corrected chi connectivity index (χ0v) is 11.1. The van der Waals surface area contributed by atoms with Crippen LogP contribution in [0.3, 0.4) is 0 Å². The van der Waals surface area contributed by atoms with Gasteiger partial charge in [0.1, 0.15) is 0 Å². The maximum absolute atomic E-state index is 12.2. The lowest BCUT2D eigenvalue weighted by molar-refractivity contribution is -0.207. The summed E-state index contributed by atoms with van der Waals surface area (Å²) in [6.07, 6.45) is -7.03. The van der Waals surface area contributed by atoms with Gasteiger partial charge in [0.15, 0.2) is 6.10 Å². The lowest BCUT2D eigenvalue weighted by Crippen LogP contribution is -2.39. The molecule has 1 unspecified atom stereocenters. The van der Waals surface area contributed by atoms with E-state index >= 15 is 0 Å². The molecule has 20 heavy (non-hydrogen) atoms. The van der Waals surface area contributed by atoms with Gasteiger partial charge in [-0.1, -0.05) is 12.1 Å². The van der Waals surface area contributed by atoms with E-state index in [0.717, 1.165) is 0 Å². The highest BCUT2D eigenvalue weighted by Crippen LogP contribution is 2.21. The molecule has 4 nitrogen and oxygen atoms in total. The Labute approximate surface area is 114 Å². The zero-order valence-electron chi connectivity index (χ0n) is 11.1. The molecule has 0 aromatic heterocycles. The van der Waals surface area contributed by atoms with Crippen molar-refractivity contribution in [2.75, 3.05) is 20.7 Å². The first-order valence-electron chi connectivity index (χ1n) is 5.84. The zero-order chi connectivity index (χ0) is 15.3. The number of carbonyl (C=O) groups excluding carboxylic acids is 1. The summed E-state index contributed by atoms with van der Waals surface area (Å²) in [6.45, 7) is -0.357. The van der Waals surface area contributed by atoms with Gasteiger partial charge in [0.25, 0.3) is 0 Å². The number of aliphatic hydroxyl groups is 1. The van der Waals surface area contributed by atoms with Crippen LogP contribution in [0.5, 0.6) is 0 Å². The second-order valence-electron chi connectivity index (χ2n) is 4.45. The molecular formula is C13H16F3NO3. The molecule has 1 aromatic rings. The Morgan fingerprint density at radius 2 is 2.10 bits per heavy atom. The van der Waals surface area contributed by atoms with Gasteiger partial charge in [-0.25, -0.2) is 4.79 Å². The Bertz CT molecular complexity index is 462. The van der Waals surface area contributed by atoms with Crippen LogP contribution in [-0.2, 0) is 11.3 Å². The fourth-order valence-corrected chi connectivity index (χ4v) is 1.69. The van der Waals surface area contributed by atoms with Crippen molar-refractivity contribution >= 4 is 5.97 Å². The summed E-state index contributed by atoms with van der Waals surface area (Å²) in [4.78, 5) is 12.7. The van der Waals surface area contributed by atoms with Crippen molar-refractivity contribution in [3.63, 3.8) is 0 Å². The van der Waals surface area contributed by atoms with E-state index in [0.29, 0.717) is 11.1 Å². The Morgan fingerprint density at radius 3 is 2.65 bits per heavy atom. The molecule has 0 amide bonds. The Balaban J connectivity index is 2.67. The Morgan fingerprint density at radius 1 is 1.45 bits per heavy atom. The van der Waals surface area contributed by atoms with E-state index in [-0.39, 0.29) is 6.54 Å². The van der Waals surface area contributed by atoms with Crippen LogP contribution in [0.1, 0.15) is 15.9 Å². The molecule has 0 aliphatic rings. The number of hydrogen-bond donors (Lipinski definition) is 1. The predicted molar refractivity (Wildman–Crippen MR) is 66.2 cm³/mol. The number of methoxy groups -OCH3 is 1. The van der Waals surface area contributed by atoms with Crippen LogP contribution in [-0.4, -0.2) is 49.0 Å². The topological polar surface area (TPSA) is 49.8 Å². The molecule has 0 bridgehead atoms. The molecule has 0 saturated heterocycles. The smallest absolute Gasteiger partial charge is 0.415 e. The molecule has 1 atom stereocenters. The van der Waals surface area contributed by atoms with E-state index in [9.17, 15) is 18.0 Å². The van der Waals surface area contributed by atoms with Crippen molar-refractivity contribution in [3.05, 3.63) is 35.4 Å². The number of halogens is 3. The lowest BCUT2D eigenvalue weighted by Gasteiger charge is -2.22. The third-order valence-electron chi connectivity index (χ3n) is 2.66. The van der Waals surface area contributed by atoms with Gasteiger partial charge >= 0.3 is 12.1 Å². The van der Waals surface area contributed by atoms with Crippen molar-refractivity contribution in [1.82, 2.24) is 4.90 Å². The van der Waals surface area contributed by atoms with Crippen molar-refractivity contribution in [1.29, 1.82) is 0 Å². The van der Waals surface area contributed by atoms with Crippen LogP contribution in [0, 0.1) is 0 Å². The summed E-state index contributed by atoms with van der Waals surface area (Å²) >= 11 is 0. The van der Waals surface area contributed by atoms with Crippen molar-refractivity contribution in [2.24, 2.45) is 0 Å². The van der Waals surface area contributed by atoms with Crippen LogP contribution in [0.4, 0.5) is 13.2 Å². The number of ether oxygens (including phenoxy) is 1. The van der Waals surface area contributed by atoms with Gasteiger partial charge in [0, 0.05) is 13.1 Å². The molecule has 0 heterocycles. The molecule has 1 rings (SSSR count). The fourth-order valence-electron chi connectivity index (χ4n) is 1.69. The number of likely N-dealkylation sites (N-methyl/N-ethyl adjacent to an activating group) is 1. The van der Waals surface area contributed by atoms with Gasteiger partial charge in [0.2, 0.25) is 0 Å². The maximum Gasteiger partial charge on any atom is 0.415 e. The first kappa shape index (κ1) is 16.5. The number of rotatable bonds is 5. The molecule has 1 N–H and O–H groups in total. The van der Waals surface area contributed by atoms with Crippen molar-refractivity contribution in [3.8, 4) is 0 Å². The van der Waals surface area contributed by atoms with Crippen LogP contribution in [0.25, 0.3) is 0 Å².